The molecule has 0 spiro atoms. The van der Waals surface area contributed by atoms with Crippen molar-refractivity contribution in [2.24, 2.45) is 10.9 Å². The van der Waals surface area contributed by atoms with Gasteiger partial charge in [-0.3, -0.25) is 4.99 Å². The molecule has 0 radical (unpaired) electrons. The van der Waals surface area contributed by atoms with Crippen LogP contribution in [0.15, 0.2) is 23.5 Å². The van der Waals surface area contributed by atoms with Gasteiger partial charge in [-0.1, -0.05) is 13.3 Å². The topological polar surface area (TPSA) is 56.7 Å². The Morgan fingerprint density at radius 2 is 1.92 bits per heavy atom. The Hall–Kier alpha value is -1.12. The monoisotopic (exact) mass is 444 g/mol. The minimum atomic E-state index is 0. The van der Waals surface area contributed by atoms with Crippen LogP contribution >= 0.6 is 24.0 Å². The molecular formula is C17H29IN6. The predicted molar refractivity (Wildman–Crippen MR) is 109 cm³/mol. The summed E-state index contributed by atoms with van der Waals surface area (Å²) in [6.45, 7) is 9.02. The Balaban J connectivity index is 0.00000208. The molecule has 2 fully saturated rings. The molecule has 1 saturated heterocycles. The number of aromatic nitrogens is 2. The first-order valence-electron chi connectivity index (χ1n) is 8.89. The SMILES string of the molecule is CCCC1CC1NC(=NCC)N1CCN(c2ncccn2)CC1.I. The Kier molecular flexibility index (Phi) is 7.51. The van der Waals surface area contributed by atoms with Gasteiger partial charge in [-0.2, -0.15) is 0 Å². The summed E-state index contributed by atoms with van der Waals surface area (Å²) in [5.74, 6) is 2.77. The number of piperazine rings is 1. The van der Waals surface area contributed by atoms with Crippen LogP contribution < -0.4 is 10.2 Å². The predicted octanol–water partition coefficient (Wildman–Crippen LogP) is 2.37. The van der Waals surface area contributed by atoms with Gasteiger partial charge in [0, 0.05) is 51.2 Å². The van der Waals surface area contributed by atoms with Crippen molar-refractivity contribution < 1.29 is 0 Å². The molecule has 1 aromatic rings. The van der Waals surface area contributed by atoms with Crippen LogP contribution in [0.1, 0.15) is 33.1 Å². The quantitative estimate of drug-likeness (QED) is 0.430. The van der Waals surface area contributed by atoms with E-state index in [0.29, 0.717) is 6.04 Å². The third-order valence-corrected chi connectivity index (χ3v) is 4.62. The fraction of sp³-hybridized carbons (Fsp3) is 0.706. The van der Waals surface area contributed by atoms with E-state index in [4.69, 9.17) is 4.99 Å². The number of rotatable bonds is 5. The van der Waals surface area contributed by atoms with Crippen LogP contribution in [0.2, 0.25) is 0 Å². The molecule has 1 aromatic heterocycles. The van der Waals surface area contributed by atoms with Gasteiger partial charge in [-0.15, -0.1) is 24.0 Å². The van der Waals surface area contributed by atoms with Crippen molar-refractivity contribution in [3.63, 3.8) is 0 Å². The van der Waals surface area contributed by atoms with E-state index in [1.807, 2.05) is 6.07 Å². The third-order valence-electron chi connectivity index (χ3n) is 4.62. The van der Waals surface area contributed by atoms with E-state index in [2.05, 4.69) is 38.9 Å². The molecule has 1 saturated carbocycles. The molecule has 6 nitrogen and oxygen atoms in total. The van der Waals surface area contributed by atoms with Crippen LogP contribution in [-0.2, 0) is 0 Å². The van der Waals surface area contributed by atoms with Crippen molar-refractivity contribution in [1.82, 2.24) is 20.2 Å². The van der Waals surface area contributed by atoms with Crippen LogP contribution in [0.3, 0.4) is 0 Å². The Labute approximate surface area is 162 Å². The summed E-state index contributed by atoms with van der Waals surface area (Å²) in [5, 5.41) is 3.68. The van der Waals surface area contributed by atoms with E-state index in [0.717, 1.165) is 50.5 Å². The first-order valence-corrected chi connectivity index (χ1v) is 8.89. The lowest BCUT2D eigenvalue weighted by Crippen LogP contribution is -2.53. The van der Waals surface area contributed by atoms with Crippen molar-refractivity contribution in [3.8, 4) is 0 Å². The van der Waals surface area contributed by atoms with Crippen molar-refractivity contribution in [1.29, 1.82) is 0 Å². The van der Waals surface area contributed by atoms with E-state index in [9.17, 15) is 0 Å². The smallest absolute Gasteiger partial charge is 0.225 e. The molecule has 0 amide bonds. The van der Waals surface area contributed by atoms with Gasteiger partial charge in [-0.05, 0) is 31.7 Å². The van der Waals surface area contributed by atoms with E-state index in [1.54, 1.807) is 12.4 Å². The summed E-state index contributed by atoms with van der Waals surface area (Å²) < 4.78 is 0. The highest BCUT2D eigenvalue weighted by molar-refractivity contribution is 14.0. The number of nitrogens with one attached hydrogen (secondary N) is 1. The normalized spacial score (nSPS) is 23.7. The van der Waals surface area contributed by atoms with Crippen LogP contribution in [0.5, 0.6) is 0 Å². The zero-order valence-corrected chi connectivity index (χ0v) is 17.0. The highest BCUT2D eigenvalue weighted by atomic mass is 127. The van der Waals surface area contributed by atoms with Crippen LogP contribution in [0, 0.1) is 5.92 Å². The number of guanidine groups is 1. The molecule has 1 aliphatic heterocycles. The molecule has 2 unspecified atom stereocenters. The zero-order chi connectivity index (χ0) is 16.1. The number of hydrogen-bond donors (Lipinski definition) is 1. The van der Waals surface area contributed by atoms with Gasteiger partial charge in [0.25, 0.3) is 0 Å². The largest absolute Gasteiger partial charge is 0.353 e. The van der Waals surface area contributed by atoms with Crippen molar-refractivity contribution in [2.45, 2.75) is 39.2 Å². The average molecular weight is 444 g/mol. The van der Waals surface area contributed by atoms with Gasteiger partial charge >= 0.3 is 0 Å². The van der Waals surface area contributed by atoms with Gasteiger partial charge in [0.1, 0.15) is 0 Å². The van der Waals surface area contributed by atoms with Crippen LogP contribution in [0.4, 0.5) is 5.95 Å². The van der Waals surface area contributed by atoms with Gasteiger partial charge < -0.3 is 15.1 Å². The van der Waals surface area contributed by atoms with Gasteiger partial charge in [-0.25, -0.2) is 9.97 Å². The molecule has 2 atom stereocenters. The summed E-state index contributed by atoms with van der Waals surface area (Å²) in [6, 6.07) is 2.49. The second kappa shape index (κ2) is 9.39. The number of halogens is 1. The molecule has 3 rings (SSSR count). The van der Waals surface area contributed by atoms with Crippen molar-refractivity contribution in [2.75, 3.05) is 37.6 Å². The van der Waals surface area contributed by atoms with Crippen LogP contribution in [-0.4, -0.2) is 59.6 Å². The molecule has 2 aliphatic rings. The number of hydrogen-bond acceptors (Lipinski definition) is 4. The maximum Gasteiger partial charge on any atom is 0.225 e. The van der Waals surface area contributed by atoms with Crippen molar-refractivity contribution >= 4 is 35.9 Å². The standard InChI is InChI=1S/C17H28N6.HI/c1-3-6-14-13-15(14)21-17(18-4-2)23-11-9-22(10-12-23)16-19-7-5-8-20-16;/h5,7-8,14-15H,3-4,6,9-13H2,1-2H3,(H,18,21);1H. The molecule has 24 heavy (non-hydrogen) atoms. The van der Waals surface area contributed by atoms with Gasteiger partial charge in [0.2, 0.25) is 5.95 Å². The fourth-order valence-electron chi connectivity index (χ4n) is 3.24. The first-order chi connectivity index (χ1) is 11.3. The number of anilines is 1. The summed E-state index contributed by atoms with van der Waals surface area (Å²) in [7, 11) is 0. The van der Waals surface area contributed by atoms with E-state index >= 15 is 0 Å². The van der Waals surface area contributed by atoms with Gasteiger partial charge in [0.15, 0.2) is 5.96 Å². The lowest BCUT2D eigenvalue weighted by molar-refractivity contribution is 0.368. The molecule has 7 heteroatoms. The Bertz CT molecular complexity index is 515. The summed E-state index contributed by atoms with van der Waals surface area (Å²) in [6.07, 6.45) is 7.52. The van der Waals surface area contributed by atoms with Crippen molar-refractivity contribution in [3.05, 3.63) is 18.5 Å². The lowest BCUT2D eigenvalue weighted by Gasteiger charge is -2.36. The average Bonchev–Trinajstić information content (AvgIpc) is 3.33. The summed E-state index contributed by atoms with van der Waals surface area (Å²) >= 11 is 0. The summed E-state index contributed by atoms with van der Waals surface area (Å²) in [4.78, 5) is 18.0. The van der Waals surface area contributed by atoms with E-state index in [1.165, 1.54) is 19.3 Å². The lowest BCUT2D eigenvalue weighted by atomic mass is 10.2. The minimum absolute atomic E-state index is 0. The number of nitrogens with zero attached hydrogens (tertiary/aromatic N) is 5. The second-order valence-corrected chi connectivity index (χ2v) is 6.36. The maximum absolute atomic E-state index is 4.70. The minimum Gasteiger partial charge on any atom is -0.353 e. The third kappa shape index (κ3) is 4.94. The van der Waals surface area contributed by atoms with E-state index in [-0.39, 0.29) is 24.0 Å². The second-order valence-electron chi connectivity index (χ2n) is 6.36. The highest BCUT2D eigenvalue weighted by Gasteiger charge is 2.37. The molecule has 2 heterocycles. The fourth-order valence-corrected chi connectivity index (χ4v) is 3.24. The Morgan fingerprint density at radius 1 is 1.21 bits per heavy atom. The molecular weight excluding hydrogens is 415 g/mol. The zero-order valence-electron chi connectivity index (χ0n) is 14.7. The van der Waals surface area contributed by atoms with Crippen LogP contribution in [0.25, 0.3) is 0 Å². The van der Waals surface area contributed by atoms with E-state index < -0.39 is 0 Å². The van der Waals surface area contributed by atoms with Gasteiger partial charge in [0.05, 0.1) is 0 Å². The maximum atomic E-state index is 4.70. The first kappa shape index (κ1) is 19.2. The molecule has 0 aromatic carbocycles. The number of aliphatic imine (C=N–C) groups is 1. The molecule has 1 N–H and O–H groups in total. The molecule has 134 valence electrons. The molecule has 1 aliphatic carbocycles. The highest BCUT2D eigenvalue weighted by Crippen LogP contribution is 2.34. The summed E-state index contributed by atoms with van der Waals surface area (Å²) in [5.41, 5.74) is 0. The Morgan fingerprint density at radius 3 is 2.54 bits per heavy atom. The molecule has 0 bridgehead atoms.